The van der Waals surface area contributed by atoms with E-state index in [1.807, 2.05) is 36.4 Å². The van der Waals surface area contributed by atoms with Gasteiger partial charge in [0.25, 0.3) is 0 Å². The predicted molar refractivity (Wildman–Crippen MR) is 77.4 cm³/mol. The zero-order chi connectivity index (χ0) is 12.4. The van der Waals surface area contributed by atoms with E-state index in [2.05, 4.69) is 29.3 Å². The van der Waals surface area contributed by atoms with Crippen molar-refractivity contribution >= 4 is 23.4 Å². The Balaban J connectivity index is 2.21. The molecule has 1 nitrogen and oxygen atoms in total. The van der Waals surface area contributed by atoms with Crippen molar-refractivity contribution in [2.45, 2.75) is 0 Å². The number of hydrogen-bond donors (Lipinski definition) is 0. The van der Waals surface area contributed by atoms with Crippen molar-refractivity contribution in [3.63, 3.8) is 0 Å². The Hall–Kier alpha value is -1.86. The van der Waals surface area contributed by atoms with Gasteiger partial charge >= 0.3 is 0 Å². The van der Waals surface area contributed by atoms with Gasteiger partial charge in [0.15, 0.2) is 0 Å². The van der Waals surface area contributed by atoms with Crippen molar-refractivity contribution in [1.82, 2.24) is 0 Å². The minimum atomic E-state index is 0.690. The van der Waals surface area contributed by atoms with Crippen LogP contribution in [0.3, 0.4) is 0 Å². The summed E-state index contributed by atoms with van der Waals surface area (Å²) in [7, 11) is 0. The topological polar surface area (TPSA) is 12.4 Å². The Kier molecular flexibility index (Phi) is 2.99. The highest BCUT2D eigenvalue weighted by atomic mass is 35.5. The van der Waals surface area contributed by atoms with E-state index in [1.165, 1.54) is 5.56 Å². The van der Waals surface area contributed by atoms with E-state index in [1.54, 1.807) is 0 Å². The highest BCUT2D eigenvalue weighted by Crippen LogP contribution is 2.24. The summed E-state index contributed by atoms with van der Waals surface area (Å²) < 4.78 is 0. The molecule has 1 heterocycles. The predicted octanol–water partition coefficient (Wildman–Crippen LogP) is 4.20. The van der Waals surface area contributed by atoms with Crippen LogP contribution in [0.15, 0.2) is 59.6 Å². The van der Waals surface area contributed by atoms with Crippen LogP contribution < -0.4 is 0 Å². The average Bonchev–Trinajstić information content (AvgIpc) is 2.62. The van der Waals surface area contributed by atoms with Crippen LogP contribution in [-0.2, 0) is 0 Å². The molecule has 0 amide bonds. The maximum atomic E-state index is 6.28. The van der Waals surface area contributed by atoms with Gasteiger partial charge in [-0.3, -0.25) is 4.99 Å². The number of rotatable bonds is 1. The fraction of sp³-hybridized carbons (Fsp3) is 0.0625. The first-order valence-electron chi connectivity index (χ1n) is 5.91. The van der Waals surface area contributed by atoms with E-state index in [0.717, 1.165) is 21.9 Å². The molecule has 0 fully saturated rings. The molecule has 1 aliphatic heterocycles. The first kappa shape index (κ1) is 11.2. The third-order valence-corrected chi connectivity index (χ3v) is 3.33. The van der Waals surface area contributed by atoms with E-state index in [9.17, 15) is 0 Å². The Morgan fingerprint density at radius 3 is 2.44 bits per heavy atom. The summed E-state index contributed by atoms with van der Waals surface area (Å²) in [6.07, 6.45) is 4.19. The molecule has 2 aromatic carbocycles. The van der Waals surface area contributed by atoms with E-state index in [4.69, 9.17) is 11.6 Å². The van der Waals surface area contributed by atoms with Crippen molar-refractivity contribution in [2.75, 3.05) is 6.54 Å². The number of halogens is 1. The van der Waals surface area contributed by atoms with Crippen molar-refractivity contribution in [1.29, 1.82) is 0 Å². The molecular formula is C16H12ClN. The number of aliphatic imine (C=N–C) groups is 1. The van der Waals surface area contributed by atoms with Crippen molar-refractivity contribution in [3.8, 4) is 0 Å². The lowest BCUT2D eigenvalue weighted by atomic mass is 9.98. The van der Waals surface area contributed by atoms with Gasteiger partial charge in [-0.25, -0.2) is 0 Å². The normalized spacial score (nSPS) is 13.7. The van der Waals surface area contributed by atoms with Gasteiger partial charge in [0.1, 0.15) is 0 Å². The zero-order valence-corrected chi connectivity index (χ0v) is 10.6. The zero-order valence-electron chi connectivity index (χ0n) is 9.81. The van der Waals surface area contributed by atoms with Crippen LogP contribution in [0.2, 0.25) is 5.02 Å². The van der Waals surface area contributed by atoms with E-state index >= 15 is 0 Å². The van der Waals surface area contributed by atoms with Crippen LogP contribution in [0, 0.1) is 0 Å². The Labute approximate surface area is 111 Å². The summed E-state index contributed by atoms with van der Waals surface area (Å²) in [5.41, 5.74) is 4.30. The van der Waals surface area contributed by atoms with Gasteiger partial charge in [0.05, 0.1) is 12.3 Å². The summed E-state index contributed by atoms with van der Waals surface area (Å²) in [4.78, 5) is 4.64. The number of hydrogen-bond acceptors (Lipinski definition) is 1. The van der Waals surface area contributed by atoms with Crippen LogP contribution in [0.4, 0.5) is 0 Å². The van der Waals surface area contributed by atoms with E-state index < -0.39 is 0 Å². The molecule has 0 aliphatic carbocycles. The van der Waals surface area contributed by atoms with Gasteiger partial charge in [-0.1, -0.05) is 66.2 Å². The molecule has 0 radical (unpaired) electrons. The highest BCUT2D eigenvalue weighted by Gasteiger charge is 2.13. The van der Waals surface area contributed by atoms with Crippen LogP contribution in [0.5, 0.6) is 0 Å². The molecule has 2 heteroatoms. The standard InChI is InChI=1S/C16H12ClN/c17-15-10-4-3-9-14(15)16-13-8-2-1-6-12(13)7-5-11-18-16/h1-10H,11H2. The molecule has 0 saturated carbocycles. The van der Waals surface area contributed by atoms with E-state index in [0.29, 0.717) is 6.54 Å². The summed E-state index contributed by atoms with van der Waals surface area (Å²) >= 11 is 6.28. The minimum Gasteiger partial charge on any atom is -0.280 e. The molecule has 0 bridgehead atoms. The van der Waals surface area contributed by atoms with Gasteiger partial charge in [-0.05, 0) is 11.6 Å². The molecule has 0 spiro atoms. The van der Waals surface area contributed by atoms with Gasteiger partial charge in [0, 0.05) is 16.1 Å². The molecule has 0 atom stereocenters. The SMILES string of the molecule is Clc1ccccc1C1=NCC=Cc2ccccc21. The average molecular weight is 254 g/mol. The molecule has 18 heavy (non-hydrogen) atoms. The maximum Gasteiger partial charge on any atom is 0.0743 e. The number of fused-ring (bicyclic) bond motifs is 1. The summed E-state index contributed by atoms with van der Waals surface area (Å²) in [5.74, 6) is 0. The maximum absolute atomic E-state index is 6.28. The monoisotopic (exact) mass is 253 g/mol. The second kappa shape index (κ2) is 4.79. The number of benzene rings is 2. The number of nitrogens with zero attached hydrogens (tertiary/aromatic N) is 1. The minimum absolute atomic E-state index is 0.690. The Bertz CT molecular complexity index is 641. The highest BCUT2D eigenvalue weighted by molar-refractivity contribution is 6.35. The lowest BCUT2D eigenvalue weighted by molar-refractivity contribution is 1.25. The lowest BCUT2D eigenvalue weighted by Gasteiger charge is -2.10. The molecule has 0 unspecified atom stereocenters. The fourth-order valence-corrected chi connectivity index (χ4v) is 2.38. The summed E-state index contributed by atoms with van der Waals surface area (Å²) in [5, 5.41) is 0.743. The van der Waals surface area contributed by atoms with Gasteiger partial charge < -0.3 is 0 Å². The molecule has 0 saturated heterocycles. The Morgan fingerprint density at radius 2 is 1.61 bits per heavy atom. The van der Waals surface area contributed by atoms with Crippen molar-refractivity contribution < 1.29 is 0 Å². The van der Waals surface area contributed by atoms with Crippen LogP contribution >= 0.6 is 11.6 Å². The molecule has 1 aliphatic rings. The van der Waals surface area contributed by atoms with Crippen LogP contribution in [0.25, 0.3) is 6.08 Å². The largest absolute Gasteiger partial charge is 0.280 e. The molecular weight excluding hydrogens is 242 g/mol. The second-order valence-corrected chi connectivity index (χ2v) is 4.57. The lowest BCUT2D eigenvalue weighted by Crippen LogP contribution is -2.05. The van der Waals surface area contributed by atoms with Crippen LogP contribution in [-0.4, -0.2) is 12.3 Å². The smallest absolute Gasteiger partial charge is 0.0743 e. The van der Waals surface area contributed by atoms with Crippen LogP contribution in [0.1, 0.15) is 16.7 Å². The molecule has 3 rings (SSSR count). The first-order chi connectivity index (χ1) is 8.86. The second-order valence-electron chi connectivity index (χ2n) is 4.16. The third-order valence-electron chi connectivity index (χ3n) is 3.00. The summed E-state index contributed by atoms with van der Waals surface area (Å²) in [6, 6.07) is 16.1. The van der Waals surface area contributed by atoms with Crippen molar-refractivity contribution in [3.05, 3.63) is 76.3 Å². The van der Waals surface area contributed by atoms with Gasteiger partial charge in [-0.2, -0.15) is 0 Å². The molecule has 0 aromatic heterocycles. The fourth-order valence-electron chi connectivity index (χ4n) is 2.15. The summed E-state index contributed by atoms with van der Waals surface area (Å²) in [6.45, 7) is 0.690. The third kappa shape index (κ3) is 1.98. The van der Waals surface area contributed by atoms with Gasteiger partial charge in [0.2, 0.25) is 0 Å². The van der Waals surface area contributed by atoms with Crippen molar-refractivity contribution in [2.24, 2.45) is 4.99 Å². The quantitative estimate of drug-likeness (QED) is 0.722. The van der Waals surface area contributed by atoms with Gasteiger partial charge in [-0.15, -0.1) is 0 Å². The first-order valence-corrected chi connectivity index (χ1v) is 6.29. The Morgan fingerprint density at radius 1 is 0.889 bits per heavy atom. The molecule has 0 N–H and O–H groups in total. The molecule has 88 valence electrons. The molecule has 2 aromatic rings. The van der Waals surface area contributed by atoms with E-state index in [-0.39, 0.29) is 0 Å².